The highest BCUT2D eigenvalue weighted by Crippen LogP contribution is 2.14. The standard InChI is InChI=1S/C13H19NO4/c1-13(2,16)6-7-17-12(15)9-18-11-5-3-4-10(14)8-11/h3-5,8,16H,6-7,9,14H2,1-2H3. The van der Waals surface area contributed by atoms with Gasteiger partial charge in [0.25, 0.3) is 0 Å². The molecule has 3 N–H and O–H groups in total. The van der Waals surface area contributed by atoms with Crippen molar-refractivity contribution in [3.63, 3.8) is 0 Å². The molecule has 1 aromatic rings. The summed E-state index contributed by atoms with van der Waals surface area (Å²) < 4.78 is 10.1. The SMILES string of the molecule is CC(C)(O)CCOC(=O)COc1cccc(N)c1. The van der Waals surface area contributed by atoms with Crippen LogP contribution in [0.2, 0.25) is 0 Å². The summed E-state index contributed by atoms with van der Waals surface area (Å²) in [7, 11) is 0. The molecule has 5 heteroatoms. The van der Waals surface area contributed by atoms with Crippen LogP contribution in [0.25, 0.3) is 0 Å². The molecule has 0 aliphatic rings. The molecule has 100 valence electrons. The molecule has 0 spiro atoms. The molecule has 0 heterocycles. The van der Waals surface area contributed by atoms with E-state index in [-0.39, 0.29) is 13.2 Å². The number of nitrogens with two attached hydrogens (primary N) is 1. The Morgan fingerprint density at radius 1 is 1.44 bits per heavy atom. The minimum atomic E-state index is -0.838. The van der Waals surface area contributed by atoms with Crippen molar-refractivity contribution in [3.8, 4) is 5.75 Å². The molecule has 0 bridgehead atoms. The number of hydrogen-bond acceptors (Lipinski definition) is 5. The van der Waals surface area contributed by atoms with E-state index in [2.05, 4.69) is 0 Å². The Morgan fingerprint density at radius 2 is 2.17 bits per heavy atom. The zero-order valence-corrected chi connectivity index (χ0v) is 10.7. The molecule has 0 amide bonds. The maximum atomic E-state index is 11.3. The highest BCUT2D eigenvalue weighted by molar-refractivity contribution is 5.71. The molecule has 18 heavy (non-hydrogen) atoms. The number of nitrogen functional groups attached to an aromatic ring is 1. The summed E-state index contributed by atoms with van der Waals surface area (Å²) in [5, 5.41) is 9.43. The van der Waals surface area contributed by atoms with E-state index >= 15 is 0 Å². The second-order valence-electron chi connectivity index (χ2n) is 4.64. The third-order valence-corrected chi connectivity index (χ3v) is 2.19. The Kier molecular flexibility index (Phi) is 4.97. The van der Waals surface area contributed by atoms with Crippen molar-refractivity contribution in [2.75, 3.05) is 18.9 Å². The quantitative estimate of drug-likeness (QED) is 0.590. The van der Waals surface area contributed by atoms with E-state index in [0.717, 1.165) is 0 Å². The van der Waals surface area contributed by atoms with Gasteiger partial charge in [-0.05, 0) is 26.0 Å². The van der Waals surface area contributed by atoms with Crippen molar-refractivity contribution >= 4 is 11.7 Å². The van der Waals surface area contributed by atoms with Gasteiger partial charge in [-0.25, -0.2) is 4.79 Å². The lowest BCUT2D eigenvalue weighted by molar-refractivity contribution is -0.147. The minimum Gasteiger partial charge on any atom is -0.482 e. The van der Waals surface area contributed by atoms with Crippen LogP contribution in [0.5, 0.6) is 5.75 Å². The van der Waals surface area contributed by atoms with Gasteiger partial charge in [0.2, 0.25) is 0 Å². The summed E-state index contributed by atoms with van der Waals surface area (Å²) in [6.07, 6.45) is 0.386. The number of ether oxygens (including phenoxy) is 2. The van der Waals surface area contributed by atoms with Crippen LogP contribution >= 0.6 is 0 Å². The number of benzene rings is 1. The van der Waals surface area contributed by atoms with Crippen LogP contribution in [0.1, 0.15) is 20.3 Å². The minimum absolute atomic E-state index is 0.169. The Hall–Kier alpha value is -1.75. The number of anilines is 1. The number of rotatable bonds is 6. The fraction of sp³-hybridized carbons (Fsp3) is 0.462. The summed E-state index contributed by atoms with van der Waals surface area (Å²) >= 11 is 0. The number of esters is 1. The van der Waals surface area contributed by atoms with Gasteiger partial charge >= 0.3 is 5.97 Å². The Bertz CT molecular complexity index is 398. The molecule has 0 aliphatic carbocycles. The highest BCUT2D eigenvalue weighted by Gasteiger charge is 2.13. The van der Waals surface area contributed by atoms with Gasteiger partial charge in [0.05, 0.1) is 12.2 Å². The summed E-state index contributed by atoms with van der Waals surface area (Å²) in [5.74, 6) is 0.0520. The van der Waals surface area contributed by atoms with Crippen molar-refractivity contribution in [2.45, 2.75) is 25.9 Å². The molecular formula is C13H19NO4. The van der Waals surface area contributed by atoms with Crippen LogP contribution in [0, 0.1) is 0 Å². The van der Waals surface area contributed by atoms with Gasteiger partial charge in [0.15, 0.2) is 6.61 Å². The first-order chi connectivity index (χ1) is 8.37. The van der Waals surface area contributed by atoms with E-state index in [1.54, 1.807) is 38.1 Å². The van der Waals surface area contributed by atoms with Crippen LogP contribution in [0.4, 0.5) is 5.69 Å². The Labute approximate surface area is 107 Å². The number of hydrogen-bond donors (Lipinski definition) is 2. The fourth-order valence-corrected chi connectivity index (χ4v) is 1.20. The fourth-order valence-electron chi connectivity index (χ4n) is 1.20. The van der Waals surface area contributed by atoms with E-state index in [4.69, 9.17) is 15.2 Å². The van der Waals surface area contributed by atoms with Crippen LogP contribution in [0.15, 0.2) is 24.3 Å². The molecule has 0 saturated carbocycles. The first-order valence-corrected chi connectivity index (χ1v) is 5.73. The van der Waals surface area contributed by atoms with Gasteiger partial charge in [-0.1, -0.05) is 6.07 Å². The van der Waals surface area contributed by atoms with Gasteiger partial charge in [-0.15, -0.1) is 0 Å². The molecular weight excluding hydrogens is 234 g/mol. The normalized spacial score (nSPS) is 11.1. The van der Waals surface area contributed by atoms with E-state index in [9.17, 15) is 9.90 Å². The Morgan fingerprint density at radius 3 is 2.78 bits per heavy atom. The van der Waals surface area contributed by atoms with Gasteiger partial charge < -0.3 is 20.3 Å². The van der Waals surface area contributed by atoms with Gasteiger partial charge in [-0.3, -0.25) is 0 Å². The Balaban J connectivity index is 2.25. The summed E-state index contributed by atoms with van der Waals surface area (Å²) in [4.78, 5) is 11.3. The maximum absolute atomic E-state index is 11.3. The number of aliphatic hydroxyl groups is 1. The van der Waals surface area contributed by atoms with E-state index in [1.807, 2.05) is 0 Å². The van der Waals surface area contributed by atoms with Crippen molar-refractivity contribution in [1.82, 2.24) is 0 Å². The number of carbonyl (C=O) groups is 1. The lowest BCUT2D eigenvalue weighted by atomic mass is 10.1. The molecule has 1 rings (SSSR count). The molecule has 0 aliphatic heterocycles. The molecule has 0 fully saturated rings. The lowest BCUT2D eigenvalue weighted by Crippen LogP contribution is -2.23. The zero-order valence-electron chi connectivity index (χ0n) is 10.7. The van der Waals surface area contributed by atoms with Crippen molar-refractivity contribution < 1.29 is 19.4 Å². The molecule has 5 nitrogen and oxygen atoms in total. The molecule has 0 saturated heterocycles. The van der Waals surface area contributed by atoms with Gasteiger partial charge in [0.1, 0.15) is 5.75 Å². The summed E-state index contributed by atoms with van der Waals surface area (Å²) in [5.41, 5.74) is 5.30. The second kappa shape index (κ2) is 6.26. The van der Waals surface area contributed by atoms with Crippen LogP contribution < -0.4 is 10.5 Å². The van der Waals surface area contributed by atoms with Crippen LogP contribution in [-0.2, 0) is 9.53 Å². The molecule has 0 radical (unpaired) electrons. The van der Waals surface area contributed by atoms with Crippen molar-refractivity contribution in [1.29, 1.82) is 0 Å². The summed E-state index contributed by atoms with van der Waals surface area (Å²) in [6.45, 7) is 3.31. The topological polar surface area (TPSA) is 81.8 Å². The van der Waals surface area contributed by atoms with Gasteiger partial charge in [0, 0.05) is 18.2 Å². The second-order valence-corrected chi connectivity index (χ2v) is 4.64. The molecule has 0 atom stereocenters. The van der Waals surface area contributed by atoms with E-state index in [0.29, 0.717) is 17.9 Å². The average Bonchev–Trinajstić information content (AvgIpc) is 2.25. The largest absolute Gasteiger partial charge is 0.482 e. The monoisotopic (exact) mass is 253 g/mol. The average molecular weight is 253 g/mol. The van der Waals surface area contributed by atoms with Crippen molar-refractivity contribution in [3.05, 3.63) is 24.3 Å². The first-order valence-electron chi connectivity index (χ1n) is 5.73. The number of carbonyl (C=O) groups excluding carboxylic acids is 1. The predicted molar refractivity (Wildman–Crippen MR) is 68.2 cm³/mol. The third-order valence-electron chi connectivity index (χ3n) is 2.19. The maximum Gasteiger partial charge on any atom is 0.344 e. The highest BCUT2D eigenvalue weighted by atomic mass is 16.6. The van der Waals surface area contributed by atoms with Gasteiger partial charge in [-0.2, -0.15) is 0 Å². The smallest absolute Gasteiger partial charge is 0.344 e. The van der Waals surface area contributed by atoms with E-state index in [1.165, 1.54) is 0 Å². The summed E-state index contributed by atoms with van der Waals surface area (Å²) in [6, 6.07) is 6.81. The van der Waals surface area contributed by atoms with Crippen LogP contribution in [-0.4, -0.2) is 29.9 Å². The zero-order chi connectivity index (χ0) is 13.6. The lowest BCUT2D eigenvalue weighted by Gasteiger charge is -2.16. The van der Waals surface area contributed by atoms with E-state index < -0.39 is 11.6 Å². The molecule has 0 unspecified atom stereocenters. The van der Waals surface area contributed by atoms with Crippen LogP contribution in [0.3, 0.4) is 0 Å². The first kappa shape index (κ1) is 14.3. The predicted octanol–water partition coefficient (Wildman–Crippen LogP) is 1.35. The molecule has 0 aromatic heterocycles. The van der Waals surface area contributed by atoms with Crippen molar-refractivity contribution in [2.24, 2.45) is 0 Å². The third kappa shape index (κ3) is 6.10. The molecule has 1 aromatic carbocycles.